The van der Waals surface area contributed by atoms with Gasteiger partial charge in [0.2, 0.25) is 16.8 Å². The highest BCUT2D eigenvalue weighted by atomic mass is 32.2. The molecule has 1 saturated heterocycles. The van der Waals surface area contributed by atoms with Gasteiger partial charge in [0.25, 0.3) is 0 Å². The molecule has 1 fully saturated rings. The maximum atomic E-state index is 12.6. The normalized spacial score (nSPS) is 17.3. The SMILES string of the molecule is O=S(=O)(CCCc1ccccc1)N1CCN(c2ccc3c(c2)OCO3)CC1. The molecule has 0 atom stereocenters. The number of anilines is 1. The van der Waals surface area contributed by atoms with E-state index in [1.54, 1.807) is 4.31 Å². The van der Waals surface area contributed by atoms with Crippen molar-refractivity contribution in [2.24, 2.45) is 0 Å². The number of hydrogen-bond donors (Lipinski definition) is 0. The molecule has 0 N–H and O–H groups in total. The Labute approximate surface area is 160 Å². The fourth-order valence-electron chi connectivity index (χ4n) is 3.54. The summed E-state index contributed by atoms with van der Waals surface area (Å²) in [7, 11) is -3.21. The predicted molar refractivity (Wildman–Crippen MR) is 105 cm³/mol. The lowest BCUT2D eigenvalue weighted by molar-refractivity contribution is 0.174. The number of piperazine rings is 1. The summed E-state index contributed by atoms with van der Waals surface area (Å²) in [5.74, 6) is 1.72. The Morgan fingerprint density at radius 1 is 0.889 bits per heavy atom. The first-order chi connectivity index (χ1) is 13.1. The number of aryl methyl sites for hydroxylation is 1. The van der Waals surface area contributed by atoms with Crippen molar-refractivity contribution in [1.82, 2.24) is 4.31 Å². The van der Waals surface area contributed by atoms with Gasteiger partial charge in [-0.1, -0.05) is 30.3 Å². The maximum Gasteiger partial charge on any atom is 0.231 e. The van der Waals surface area contributed by atoms with Crippen LogP contribution in [0, 0.1) is 0 Å². The molecule has 0 aliphatic carbocycles. The molecular weight excluding hydrogens is 364 g/mol. The summed E-state index contributed by atoms with van der Waals surface area (Å²) >= 11 is 0. The average Bonchev–Trinajstić information content (AvgIpc) is 3.17. The first-order valence-corrected chi connectivity index (χ1v) is 10.9. The van der Waals surface area contributed by atoms with Gasteiger partial charge in [0, 0.05) is 37.9 Å². The zero-order valence-electron chi connectivity index (χ0n) is 15.2. The van der Waals surface area contributed by atoms with Crippen LogP contribution in [-0.4, -0.2) is 51.4 Å². The molecular formula is C20H24N2O4S. The minimum atomic E-state index is -3.21. The monoisotopic (exact) mass is 388 g/mol. The van der Waals surface area contributed by atoms with Gasteiger partial charge in [0.1, 0.15) is 0 Å². The van der Waals surface area contributed by atoms with Gasteiger partial charge in [0.05, 0.1) is 5.75 Å². The molecule has 2 aromatic carbocycles. The molecule has 6 nitrogen and oxygen atoms in total. The lowest BCUT2D eigenvalue weighted by atomic mass is 10.1. The maximum absolute atomic E-state index is 12.6. The second-order valence-corrected chi connectivity index (χ2v) is 8.92. The van der Waals surface area contributed by atoms with E-state index >= 15 is 0 Å². The van der Waals surface area contributed by atoms with Crippen LogP contribution in [-0.2, 0) is 16.4 Å². The summed E-state index contributed by atoms with van der Waals surface area (Å²) in [5.41, 5.74) is 2.22. The summed E-state index contributed by atoms with van der Waals surface area (Å²) in [6, 6.07) is 15.9. The number of nitrogens with zero attached hydrogens (tertiary/aromatic N) is 2. The van der Waals surface area contributed by atoms with E-state index in [1.807, 2.05) is 48.5 Å². The third-order valence-corrected chi connectivity index (χ3v) is 7.02. The number of sulfonamides is 1. The number of benzene rings is 2. The molecule has 0 saturated carbocycles. The van der Waals surface area contributed by atoms with Crippen molar-refractivity contribution in [2.75, 3.05) is 43.6 Å². The molecule has 2 aliphatic rings. The van der Waals surface area contributed by atoms with Crippen LogP contribution in [0.5, 0.6) is 11.5 Å². The summed E-state index contributed by atoms with van der Waals surface area (Å²) in [4.78, 5) is 2.19. The minimum Gasteiger partial charge on any atom is -0.454 e. The zero-order valence-corrected chi connectivity index (χ0v) is 16.0. The molecule has 2 aliphatic heterocycles. The van der Waals surface area contributed by atoms with Crippen LogP contribution in [0.25, 0.3) is 0 Å². The van der Waals surface area contributed by atoms with E-state index in [2.05, 4.69) is 4.90 Å². The largest absolute Gasteiger partial charge is 0.454 e. The summed E-state index contributed by atoms with van der Waals surface area (Å²) < 4.78 is 37.7. The first kappa shape index (κ1) is 18.1. The molecule has 4 rings (SSSR count). The van der Waals surface area contributed by atoms with E-state index in [-0.39, 0.29) is 12.5 Å². The minimum absolute atomic E-state index is 0.200. The number of fused-ring (bicyclic) bond motifs is 1. The smallest absolute Gasteiger partial charge is 0.231 e. The van der Waals surface area contributed by atoms with E-state index in [0.29, 0.717) is 32.6 Å². The highest BCUT2D eigenvalue weighted by Crippen LogP contribution is 2.35. The third kappa shape index (κ3) is 4.20. The van der Waals surface area contributed by atoms with Crippen LogP contribution < -0.4 is 14.4 Å². The Kier molecular flexibility index (Phi) is 5.22. The Hall–Kier alpha value is -2.25. The Morgan fingerprint density at radius 2 is 1.63 bits per heavy atom. The molecule has 2 aromatic rings. The van der Waals surface area contributed by atoms with Gasteiger partial charge in [-0.2, -0.15) is 4.31 Å². The van der Waals surface area contributed by atoms with Crippen LogP contribution in [0.4, 0.5) is 5.69 Å². The first-order valence-electron chi connectivity index (χ1n) is 9.28. The van der Waals surface area contributed by atoms with Gasteiger partial charge < -0.3 is 14.4 Å². The molecule has 2 heterocycles. The van der Waals surface area contributed by atoms with E-state index in [4.69, 9.17) is 9.47 Å². The average molecular weight is 388 g/mol. The summed E-state index contributed by atoms with van der Waals surface area (Å²) in [6.07, 6.45) is 1.44. The lowest BCUT2D eigenvalue weighted by Gasteiger charge is -2.35. The fraction of sp³-hybridized carbons (Fsp3) is 0.400. The van der Waals surface area contributed by atoms with Crippen LogP contribution in [0.15, 0.2) is 48.5 Å². The Bertz CT molecular complexity index is 878. The molecule has 7 heteroatoms. The molecule has 0 bridgehead atoms. The van der Waals surface area contributed by atoms with Crippen molar-refractivity contribution in [1.29, 1.82) is 0 Å². The van der Waals surface area contributed by atoms with Gasteiger partial charge in [-0.15, -0.1) is 0 Å². The van der Waals surface area contributed by atoms with Gasteiger partial charge in [-0.3, -0.25) is 0 Å². The third-order valence-electron chi connectivity index (χ3n) is 5.06. The van der Waals surface area contributed by atoms with Gasteiger partial charge in [-0.05, 0) is 30.5 Å². The Balaban J connectivity index is 1.30. The quantitative estimate of drug-likeness (QED) is 0.761. The molecule has 0 amide bonds. The number of hydrogen-bond acceptors (Lipinski definition) is 5. The van der Waals surface area contributed by atoms with Crippen LogP contribution in [0.1, 0.15) is 12.0 Å². The molecule has 0 radical (unpaired) electrons. The van der Waals surface area contributed by atoms with Gasteiger partial charge in [0.15, 0.2) is 11.5 Å². The van der Waals surface area contributed by atoms with E-state index in [0.717, 1.165) is 23.6 Å². The number of rotatable bonds is 6. The van der Waals surface area contributed by atoms with Crippen LogP contribution >= 0.6 is 0 Å². The van der Waals surface area contributed by atoms with Crippen molar-refractivity contribution in [3.05, 3.63) is 54.1 Å². The highest BCUT2D eigenvalue weighted by Gasteiger charge is 2.27. The van der Waals surface area contributed by atoms with Crippen LogP contribution in [0.3, 0.4) is 0 Å². The summed E-state index contributed by atoms with van der Waals surface area (Å²) in [6.45, 7) is 2.65. The molecule has 0 aromatic heterocycles. The fourth-order valence-corrected chi connectivity index (χ4v) is 5.03. The van der Waals surface area contributed by atoms with E-state index in [9.17, 15) is 8.42 Å². The van der Waals surface area contributed by atoms with Gasteiger partial charge >= 0.3 is 0 Å². The van der Waals surface area contributed by atoms with Crippen molar-refractivity contribution < 1.29 is 17.9 Å². The second kappa shape index (κ2) is 7.78. The van der Waals surface area contributed by atoms with Crippen molar-refractivity contribution >= 4 is 15.7 Å². The standard InChI is InChI=1S/C20H24N2O4S/c23-27(24,14-4-7-17-5-2-1-3-6-17)22-12-10-21(11-13-22)18-8-9-19-20(15-18)26-16-25-19/h1-3,5-6,8-9,15H,4,7,10-14,16H2. The molecule has 144 valence electrons. The van der Waals surface area contributed by atoms with Crippen LogP contribution in [0.2, 0.25) is 0 Å². The molecule has 27 heavy (non-hydrogen) atoms. The Morgan fingerprint density at radius 3 is 2.41 bits per heavy atom. The molecule has 0 unspecified atom stereocenters. The summed E-state index contributed by atoms with van der Waals surface area (Å²) in [5, 5.41) is 0. The topological polar surface area (TPSA) is 59.1 Å². The van der Waals surface area contributed by atoms with Crippen molar-refractivity contribution in [2.45, 2.75) is 12.8 Å². The van der Waals surface area contributed by atoms with Crippen molar-refractivity contribution in [3.8, 4) is 11.5 Å². The second-order valence-electron chi connectivity index (χ2n) is 6.83. The lowest BCUT2D eigenvalue weighted by Crippen LogP contribution is -2.49. The van der Waals surface area contributed by atoms with Crippen molar-refractivity contribution in [3.63, 3.8) is 0 Å². The molecule has 0 spiro atoms. The zero-order chi connectivity index (χ0) is 18.7. The van der Waals surface area contributed by atoms with Gasteiger partial charge in [-0.25, -0.2) is 8.42 Å². The highest BCUT2D eigenvalue weighted by molar-refractivity contribution is 7.89. The van der Waals surface area contributed by atoms with E-state index in [1.165, 1.54) is 5.56 Å². The predicted octanol–water partition coefficient (Wildman–Crippen LogP) is 2.50. The van der Waals surface area contributed by atoms with E-state index < -0.39 is 10.0 Å². The number of ether oxygens (including phenoxy) is 2.